The summed E-state index contributed by atoms with van der Waals surface area (Å²) in [6.45, 7) is 0. The maximum Gasteiger partial charge on any atom is 0.234 e. The molecule has 0 bridgehead atoms. The number of anilines is 1. The highest BCUT2D eigenvalue weighted by Crippen LogP contribution is 2.39. The number of carbonyl (C=O) groups is 2. The van der Waals surface area contributed by atoms with Gasteiger partial charge in [-0.1, -0.05) is 17.8 Å². The molecule has 2 amide bonds. The number of nitriles is 1. The van der Waals surface area contributed by atoms with Crippen molar-refractivity contribution >= 4 is 29.3 Å². The Balaban J connectivity index is 1.79. The third kappa shape index (κ3) is 5.35. The molecule has 1 atom stereocenters. The van der Waals surface area contributed by atoms with Gasteiger partial charge in [0.15, 0.2) is 11.5 Å². The van der Waals surface area contributed by atoms with Gasteiger partial charge >= 0.3 is 0 Å². The first-order valence-corrected chi connectivity index (χ1v) is 10.3. The number of thioether (sulfide) groups is 1. The van der Waals surface area contributed by atoms with Gasteiger partial charge in [0, 0.05) is 18.0 Å². The van der Waals surface area contributed by atoms with Gasteiger partial charge in [0.05, 0.1) is 36.6 Å². The fraction of sp³-hybridized carbons (Fsp3) is 0.227. The number of hydrogen-bond acceptors (Lipinski definition) is 6. The minimum absolute atomic E-state index is 0.0309. The van der Waals surface area contributed by atoms with Crippen molar-refractivity contribution in [2.75, 3.05) is 25.3 Å². The summed E-state index contributed by atoms with van der Waals surface area (Å²) < 4.78 is 23.6. The van der Waals surface area contributed by atoms with E-state index < -0.39 is 11.7 Å². The van der Waals surface area contributed by atoms with Crippen molar-refractivity contribution in [1.82, 2.24) is 5.32 Å². The number of rotatable bonds is 7. The van der Waals surface area contributed by atoms with Gasteiger partial charge in [0.25, 0.3) is 0 Å². The molecule has 7 nitrogen and oxygen atoms in total. The van der Waals surface area contributed by atoms with E-state index in [9.17, 15) is 19.2 Å². The summed E-state index contributed by atoms with van der Waals surface area (Å²) in [6.07, 6.45) is 0.101. The van der Waals surface area contributed by atoms with E-state index in [1.807, 2.05) is 0 Å². The molecule has 0 spiro atoms. The van der Waals surface area contributed by atoms with Crippen molar-refractivity contribution in [3.63, 3.8) is 0 Å². The third-order valence-electron chi connectivity index (χ3n) is 4.64. The summed E-state index contributed by atoms with van der Waals surface area (Å²) in [6, 6.07) is 12.8. The van der Waals surface area contributed by atoms with Crippen LogP contribution in [0.25, 0.3) is 0 Å². The van der Waals surface area contributed by atoms with Gasteiger partial charge in [-0.2, -0.15) is 5.26 Å². The summed E-state index contributed by atoms with van der Waals surface area (Å²) >= 11 is 1.06. The molecule has 2 aromatic rings. The Morgan fingerprint density at radius 2 is 1.94 bits per heavy atom. The average molecular weight is 441 g/mol. The lowest BCUT2D eigenvalue weighted by molar-refractivity contribution is -0.121. The van der Waals surface area contributed by atoms with Crippen molar-refractivity contribution in [2.45, 2.75) is 12.3 Å². The number of methoxy groups -OCH3 is 2. The Bertz CT molecular complexity index is 1060. The molecular weight excluding hydrogens is 421 g/mol. The number of halogens is 1. The van der Waals surface area contributed by atoms with Crippen molar-refractivity contribution in [2.24, 2.45) is 0 Å². The normalized spacial score (nSPS) is 15.7. The number of carbonyl (C=O) groups excluding carboxylic acids is 2. The molecule has 0 unspecified atom stereocenters. The topological polar surface area (TPSA) is 100 Å². The molecular formula is C22H20FN3O4S. The van der Waals surface area contributed by atoms with Crippen LogP contribution in [0.4, 0.5) is 10.1 Å². The zero-order valence-electron chi connectivity index (χ0n) is 16.9. The van der Waals surface area contributed by atoms with E-state index in [-0.39, 0.29) is 24.0 Å². The van der Waals surface area contributed by atoms with Gasteiger partial charge in [-0.05, 0) is 42.0 Å². The number of nitrogens with zero attached hydrogens (tertiary/aromatic N) is 1. The number of hydrogen-bond donors (Lipinski definition) is 2. The minimum atomic E-state index is -0.471. The predicted octanol–water partition coefficient (Wildman–Crippen LogP) is 3.55. The second-order valence-electron chi connectivity index (χ2n) is 6.62. The Labute approximate surface area is 183 Å². The molecule has 2 N–H and O–H groups in total. The molecule has 0 radical (unpaired) electrons. The maximum absolute atomic E-state index is 13.0. The van der Waals surface area contributed by atoms with Crippen LogP contribution in [-0.2, 0) is 9.59 Å². The van der Waals surface area contributed by atoms with Crippen molar-refractivity contribution in [3.8, 4) is 17.6 Å². The van der Waals surface area contributed by atoms with Gasteiger partial charge in [0.2, 0.25) is 11.8 Å². The van der Waals surface area contributed by atoms with Gasteiger partial charge in [-0.15, -0.1) is 0 Å². The molecule has 1 aliphatic rings. The minimum Gasteiger partial charge on any atom is -0.493 e. The van der Waals surface area contributed by atoms with E-state index in [2.05, 4.69) is 16.7 Å². The lowest BCUT2D eigenvalue weighted by atomic mass is 9.87. The second kappa shape index (κ2) is 10.00. The van der Waals surface area contributed by atoms with Crippen LogP contribution in [0.15, 0.2) is 53.1 Å². The maximum atomic E-state index is 13.0. The predicted molar refractivity (Wildman–Crippen MR) is 115 cm³/mol. The summed E-state index contributed by atoms with van der Waals surface area (Å²) in [5, 5.41) is 15.4. The Morgan fingerprint density at radius 3 is 2.58 bits per heavy atom. The summed E-state index contributed by atoms with van der Waals surface area (Å²) in [4.78, 5) is 24.6. The molecule has 3 rings (SSSR count). The standard InChI is InChI=1S/C22H20FN3O4S/c1-29-18-8-3-13(9-19(18)30-2)16-10-20(27)26-22(17(16)11-24)31-12-21(28)25-15-6-4-14(23)5-7-15/h3-9,16H,10,12H2,1-2H3,(H,25,28)(H,26,27)/t16-/m0/s1. The van der Waals surface area contributed by atoms with E-state index in [1.54, 1.807) is 18.2 Å². The first-order valence-electron chi connectivity index (χ1n) is 9.29. The summed E-state index contributed by atoms with van der Waals surface area (Å²) in [5.74, 6) is -0.457. The zero-order valence-corrected chi connectivity index (χ0v) is 17.7. The van der Waals surface area contributed by atoms with Gasteiger partial charge < -0.3 is 20.1 Å². The fourth-order valence-corrected chi connectivity index (χ4v) is 4.03. The van der Waals surface area contributed by atoms with E-state index in [1.165, 1.54) is 38.5 Å². The molecule has 0 aliphatic carbocycles. The lowest BCUT2D eigenvalue weighted by Crippen LogP contribution is -2.31. The van der Waals surface area contributed by atoms with Crippen LogP contribution in [0, 0.1) is 17.1 Å². The number of amides is 2. The molecule has 2 aromatic carbocycles. The van der Waals surface area contributed by atoms with E-state index in [4.69, 9.17) is 9.47 Å². The molecule has 0 saturated carbocycles. The number of benzene rings is 2. The SMILES string of the molecule is COc1ccc([C@@H]2CC(=O)NC(SCC(=O)Nc3ccc(F)cc3)=C2C#N)cc1OC. The first-order chi connectivity index (χ1) is 14.9. The highest BCUT2D eigenvalue weighted by Gasteiger charge is 2.30. The second-order valence-corrected chi connectivity index (χ2v) is 7.60. The molecule has 31 heavy (non-hydrogen) atoms. The highest BCUT2D eigenvalue weighted by molar-refractivity contribution is 8.03. The number of ether oxygens (including phenoxy) is 2. The highest BCUT2D eigenvalue weighted by atomic mass is 32.2. The smallest absolute Gasteiger partial charge is 0.234 e. The molecule has 1 heterocycles. The molecule has 0 aromatic heterocycles. The monoisotopic (exact) mass is 441 g/mol. The van der Waals surface area contributed by atoms with Crippen LogP contribution < -0.4 is 20.1 Å². The van der Waals surface area contributed by atoms with Crippen molar-refractivity contribution in [3.05, 3.63) is 64.4 Å². The van der Waals surface area contributed by atoms with E-state index in [0.717, 1.165) is 17.3 Å². The largest absolute Gasteiger partial charge is 0.493 e. The van der Waals surface area contributed by atoms with Gasteiger partial charge in [0.1, 0.15) is 5.82 Å². The van der Waals surface area contributed by atoms with Crippen molar-refractivity contribution < 1.29 is 23.5 Å². The van der Waals surface area contributed by atoms with E-state index >= 15 is 0 Å². The van der Waals surface area contributed by atoms with Crippen LogP contribution in [0.5, 0.6) is 11.5 Å². The average Bonchev–Trinajstić information content (AvgIpc) is 2.78. The van der Waals surface area contributed by atoms with Crippen LogP contribution in [0.3, 0.4) is 0 Å². The zero-order chi connectivity index (χ0) is 22.4. The third-order valence-corrected chi connectivity index (χ3v) is 5.66. The Hall–Kier alpha value is -3.51. The van der Waals surface area contributed by atoms with Gasteiger partial charge in [-0.25, -0.2) is 4.39 Å². The van der Waals surface area contributed by atoms with Crippen molar-refractivity contribution in [1.29, 1.82) is 5.26 Å². The summed E-state index contributed by atoms with van der Waals surface area (Å²) in [5.41, 5.74) is 1.56. The van der Waals surface area contributed by atoms with Crippen LogP contribution >= 0.6 is 11.8 Å². The molecule has 160 valence electrons. The van der Waals surface area contributed by atoms with Crippen LogP contribution in [0.1, 0.15) is 17.9 Å². The Kier molecular flexibility index (Phi) is 7.15. The first kappa shape index (κ1) is 22.2. The Morgan fingerprint density at radius 1 is 1.23 bits per heavy atom. The van der Waals surface area contributed by atoms with E-state index in [0.29, 0.717) is 27.8 Å². The summed E-state index contributed by atoms with van der Waals surface area (Å²) in [7, 11) is 3.04. The fourth-order valence-electron chi connectivity index (χ4n) is 3.16. The van der Waals surface area contributed by atoms with Crippen LogP contribution in [-0.4, -0.2) is 31.8 Å². The molecule has 0 fully saturated rings. The quantitative estimate of drug-likeness (QED) is 0.682. The molecule has 9 heteroatoms. The molecule has 1 aliphatic heterocycles. The lowest BCUT2D eigenvalue weighted by Gasteiger charge is -2.25. The van der Waals surface area contributed by atoms with Gasteiger partial charge in [-0.3, -0.25) is 9.59 Å². The molecule has 0 saturated heterocycles. The number of allylic oxidation sites excluding steroid dienone is 1. The van der Waals surface area contributed by atoms with Crippen LogP contribution in [0.2, 0.25) is 0 Å². The number of nitrogens with one attached hydrogen (secondary N) is 2.